The van der Waals surface area contributed by atoms with Gasteiger partial charge in [0.2, 0.25) is 0 Å². The molecule has 1 N–H and O–H groups in total. The zero-order valence-corrected chi connectivity index (χ0v) is 10.8. The summed E-state index contributed by atoms with van der Waals surface area (Å²) >= 11 is 1.50. The Hall–Kier alpha value is -2.18. The fraction of sp³-hybridized carbons (Fsp3) is 0. The zero-order chi connectivity index (χ0) is 13.7. The second-order valence-electron chi connectivity index (χ2n) is 2.96. The lowest BCUT2D eigenvalue weighted by molar-refractivity contribution is 0.571. The van der Waals surface area contributed by atoms with Crippen LogP contribution in [0.25, 0.3) is 0 Å². The lowest BCUT2D eigenvalue weighted by Crippen LogP contribution is -2.02. The summed E-state index contributed by atoms with van der Waals surface area (Å²) < 4.78 is 26.3. The van der Waals surface area contributed by atoms with Crippen LogP contribution in [0.1, 0.15) is 0 Å². The normalized spacial score (nSPS) is 8.67. The molecule has 0 amide bonds. The minimum atomic E-state index is -0.800. The molecule has 0 unspecified atom stereocenters. The molecule has 0 heterocycles. The third-order valence-electron chi connectivity index (χ3n) is 1.84. The van der Waals surface area contributed by atoms with Crippen LogP contribution in [0.3, 0.4) is 0 Å². The third-order valence-corrected chi connectivity index (χ3v) is 2.87. The highest BCUT2D eigenvalue weighted by molar-refractivity contribution is 14.1. The maximum atomic E-state index is 13.2. The first-order valence-electron chi connectivity index (χ1n) is 4.39. The van der Waals surface area contributed by atoms with Gasteiger partial charge >= 0.3 is 0 Å². The first-order valence-corrected chi connectivity index (χ1v) is 5.47. The van der Waals surface area contributed by atoms with Crippen LogP contribution in [-0.4, -0.2) is 0 Å². The molecule has 0 spiro atoms. The highest BCUT2D eigenvalue weighted by Crippen LogP contribution is 2.21. The Morgan fingerprint density at radius 3 is 1.94 bits per heavy atom. The van der Waals surface area contributed by atoms with Crippen molar-refractivity contribution in [1.29, 1.82) is 15.8 Å². The van der Waals surface area contributed by atoms with E-state index in [-0.39, 0.29) is 15.0 Å². The predicted molar refractivity (Wildman–Crippen MR) is 66.6 cm³/mol. The summed E-state index contributed by atoms with van der Waals surface area (Å²) in [6.45, 7) is 0. The standard InChI is InChI=1S/C11H3F2IN4/c12-8-1-7(2-9(13)11(8)14)18-10(5-17)6(3-15)4-16/h1-2,18H. The molecule has 7 heteroatoms. The maximum Gasteiger partial charge on any atom is 0.163 e. The summed E-state index contributed by atoms with van der Waals surface area (Å²) in [6.07, 6.45) is 0. The van der Waals surface area contributed by atoms with Crippen LogP contribution in [-0.2, 0) is 0 Å². The quantitative estimate of drug-likeness (QED) is 0.502. The zero-order valence-electron chi connectivity index (χ0n) is 8.63. The van der Waals surface area contributed by atoms with E-state index in [1.54, 1.807) is 6.07 Å². The topological polar surface area (TPSA) is 83.4 Å². The van der Waals surface area contributed by atoms with Crippen molar-refractivity contribution in [3.05, 3.63) is 38.6 Å². The third kappa shape index (κ3) is 2.93. The number of allylic oxidation sites excluding steroid dienone is 2. The van der Waals surface area contributed by atoms with Crippen LogP contribution in [0.2, 0.25) is 0 Å². The van der Waals surface area contributed by atoms with Gasteiger partial charge in [-0.25, -0.2) is 8.78 Å². The monoisotopic (exact) mass is 356 g/mol. The molecule has 0 atom stereocenters. The summed E-state index contributed by atoms with van der Waals surface area (Å²) in [4.78, 5) is 0. The summed E-state index contributed by atoms with van der Waals surface area (Å²) in [5.41, 5.74) is -0.873. The fourth-order valence-corrected chi connectivity index (χ4v) is 1.37. The molecular formula is C11H3F2IN4. The van der Waals surface area contributed by atoms with Gasteiger partial charge < -0.3 is 5.32 Å². The molecule has 0 bridgehead atoms. The number of hydrogen-bond acceptors (Lipinski definition) is 4. The molecule has 0 aliphatic carbocycles. The number of anilines is 1. The minimum absolute atomic E-state index is 0.0510. The van der Waals surface area contributed by atoms with E-state index in [1.807, 2.05) is 0 Å². The molecule has 0 aromatic heterocycles. The van der Waals surface area contributed by atoms with Crippen molar-refractivity contribution >= 4 is 28.3 Å². The molecule has 4 nitrogen and oxygen atoms in total. The van der Waals surface area contributed by atoms with Crippen LogP contribution < -0.4 is 5.32 Å². The van der Waals surface area contributed by atoms with Gasteiger partial charge in [-0.1, -0.05) is 0 Å². The lowest BCUT2D eigenvalue weighted by Gasteiger charge is -2.06. The van der Waals surface area contributed by atoms with Crippen LogP contribution >= 0.6 is 22.6 Å². The van der Waals surface area contributed by atoms with Gasteiger partial charge in [0.15, 0.2) is 5.57 Å². The van der Waals surface area contributed by atoms with Gasteiger partial charge in [-0.3, -0.25) is 0 Å². The van der Waals surface area contributed by atoms with Crippen molar-refractivity contribution in [3.8, 4) is 18.2 Å². The highest BCUT2D eigenvalue weighted by atomic mass is 127. The Balaban J connectivity index is 3.22. The van der Waals surface area contributed by atoms with E-state index in [9.17, 15) is 8.78 Å². The molecule has 1 aromatic rings. The van der Waals surface area contributed by atoms with E-state index >= 15 is 0 Å². The van der Waals surface area contributed by atoms with Crippen LogP contribution in [0.4, 0.5) is 14.5 Å². The van der Waals surface area contributed by atoms with E-state index in [4.69, 9.17) is 15.8 Å². The summed E-state index contributed by atoms with van der Waals surface area (Å²) in [6, 6.07) is 6.53. The maximum absolute atomic E-state index is 13.2. The van der Waals surface area contributed by atoms with Crippen molar-refractivity contribution in [3.63, 3.8) is 0 Å². The summed E-state index contributed by atoms with van der Waals surface area (Å²) in [7, 11) is 0. The highest BCUT2D eigenvalue weighted by Gasteiger charge is 2.11. The van der Waals surface area contributed by atoms with Crippen molar-refractivity contribution in [2.75, 3.05) is 5.32 Å². The average Bonchev–Trinajstić information content (AvgIpc) is 2.35. The van der Waals surface area contributed by atoms with Crippen molar-refractivity contribution in [2.45, 2.75) is 0 Å². The number of hydrogen-bond donors (Lipinski definition) is 1. The van der Waals surface area contributed by atoms with E-state index in [1.165, 1.54) is 34.7 Å². The summed E-state index contributed by atoms with van der Waals surface area (Å²) in [5.74, 6) is -1.60. The molecule has 0 aliphatic rings. The van der Waals surface area contributed by atoms with Crippen molar-refractivity contribution in [2.24, 2.45) is 0 Å². The van der Waals surface area contributed by atoms with E-state index < -0.39 is 17.2 Å². The molecule has 0 saturated carbocycles. The molecule has 88 valence electrons. The molecular weight excluding hydrogens is 353 g/mol. The number of nitrogens with one attached hydrogen (secondary N) is 1. The lowest BCUT2D eigenvalue weighted by atomic mass is 10.2. The van der Waals surface area contributed by atoms with Gasteiger partial charge in [-0.15, -0.1) is 0 Å². The molecule has 0 aliphatic heterocycles. The Morgan fingerprint density at radius 2 is 1.56 bits per heavy atom. The Bertz CT molecular complexity index is 607. The first kappa shape index (κ1) is 13.9. The average molecular weight is 356 g/mol. The van der Waals surface area contributed by atoms with Crippen LogP contribution in [0.5, 0.6) is 0 Å². The van der Waals surface area contributed by atoms with E-state index in [0.29, 0.717) is 0 Å². The molecule has 18 heavy (non-hydrogen) atoms. The van der Waals surface area contributed by atoms with Crippen LogP contribution in [0.15, 0.2) is 23.4 Å². The number of benzene rings is 1. The Kier molecular flexibility index (Phi) is 4.59. The van der Waals surface area contributed by atoms with Crippen LogP contribution in [0, 0.1) is 49.2 Å². The smallest absolute Gasteiger partial charge is 0.163 e. The molecule has 0 saturated heterocycles. The second-order valence-corrected chi connectivity index (χ2v) is 4.04. The first-order chi connectivity index (χ1) is 8.53. The largest absolute Gasteiger partial charge is 0.345 e. The number of halogens is 3. The van der Waals surface area contributed by atoms with Gasteiger partial charge in [0.05, 0.1) is 3.57 Å². The molecule has 0 fully saturated rings. The number of nitrogens with zero attached hydrogens (tertiary/aromatic N) is 3. The molecule has 0 radical (unpaired) electrons. The molecule has 1 rings (SSSR count). The Morgan fingerprint density at radius 1 is 1.06 bits per heavy atom. The van der Waals surface area contributed by atoms with Gasteiger partial charge in [0, 0.05) is 5.69 Å². The van der Waals surface area contributed by atoms with Crippen molar-refractivity contribution in [1.82, 2.24) is 0 Å². The number of rotatable bonds is 2. The Labute approximate surface area is 115 Å². The van der Waals surface area contributed by atoms with Gasteiger partial charge in [0.25, 0.3) is 0 Å². The predicted octanol–water partition coefficient (Wildman–Crippen LogP) is 2.81. The van der Waals surface area contributed by atoms with Gasteiger partial charge in [0.1, 0.15) is 35.5 Å². The SMILES string of the molecule is N#CC(C#N)=C(C#N)Nc1cc(F)c(I)c(F)c1. The number of nitriles is 3. The minimum Gasteiger partial charge on any atom is -0.345 e. The second kappa shape index (κ2) is 5.95. The van der Waals surface area contributed by atoms with Gasteiger partial charge in [-0.05, 0) is 34.7 Å². The fourth-order valence-electron chi connectivity index (χ4n) is 1.06. The van der Waals surface area contributed by atoms with E-state index in [2.05, 4.69) is 5.32 Å². The van der Waals surface area contributed by atoms with Gasteiger partial charge in [-0.2, -0.15) is 15.8 Å². The van der Waals surface area contributed by atoms with Crippen molar-refractivity contribution < 1.29 is 8.78 Å². The van der Waals surface area contributed by atoms with E-state index in [0.717, 1.165) is 12.1 Å². The summed E-state index contributed by atoms with van der Waals surface area (Å²) in [5, 5.41) is 28.3. The molecule has 1 aromatic carbocycles.